The van der Waals surface area contributed by atoms with Gasteiger partial charge < -0.3 is 5.32 Å². The summed E-state index contributed by atoms with van der Waals surface area (Å²) in [5, 5.41) is 5.47. The van der Waals surface area contributed by atoms with Gasteiger partial charge in [-0.2, -0.15) is 0 Å². The van der Waals surface area contributed by atoms with Crippen LogP contribution in [-0.2, 0) is 0 Å². The largest absolute Gasteiger partial charge is 0.319 e. The number of hydrogen-bond acceptors (Lipinski definition) is 2. The van der Waals surface area contributed by atoms with E-state index in [4.69, 9.17) is 0 Å². The van der Waals surface area contributed by atoms with E-state index >= 15 is 0 Å². The van der Waals surface area contributed by atoms with Gasteiger partial charge in [0.1, 0.15) is 0 Å². The minimum absolute atomic E-state index is 0.128. The molecule has 0 unspecified atom stereocenters. The van der Waals surface area contributed by atoms with E-state index in [-0.39, 0.29) is 5.41 Å². The number of fused-ring (bicyclic) bond motifs is 1. The van der Waals surface area contributed by atoms with Crippen molar-refractivity contribution in [2.45, 2.75) is 12.8 Å². The minimum Gasteiger partial charge on any atom is -0.319 e. The lowest BCUT2D eigenvalue weighted by Gasteiger charge is -2.13. The molecule has 0 atom stereocenters. The van der Waals surface area contributed by atoms with Crippen molar-refractivity contribution in [1.82, 2.24) is 5.32 Å². The number of carbonyl (C=O) groups is 1. The van der Waals surface area contributed by atoms with Gasteiger partial charge in [0, 0.05) is 17.5 Å². The van der Waals surface area contributed by atoms with E-state index in [0.717, 1.165) is 30.3 Å². The number of benzene rings is 2. The first-order chi connectivity index (χ1) is 8.75. The van der Waals surface area contributed by atoms with Gasteiger partial charge >= 0.3 is 0 Å². The topological polar surface area (TPSA) is 29.1 Å². The Morgan fingerprint density at radius 3 is 2.56 bits per heavy atom. The molecule has 0 heterocycles. The van der Waals surface area contributed by atoms with E-state index in [0.29, 0.717) is 5.78 Å². The lowest BCUT2D eigenvalue weighted by Crippen LogP contribution is -2.27. The summed E-state index contributed by atoms with van der Waals surface area (Å²) in [4.78, 5) is 12.5. The zero-order chi connectivity index (χ0) is 12.6. The molecular weight excluding hydrogens is 222 g/mol. The van der Waals surface area contributed by atoms with Gasteiger partial charge in [-0.15, -0.1) is 0 Å². The smallest absolute Gasteiger partial charge is 0.170 e. The van der Waals surface area contributed by atoms with Gasteiger partial charge in [0.05, 0.1) is 0 Å². The standard InChI is InChI=1S/C16H17NO/c1-17-11-16(8-9-16)15(18)14-7-6-12-4-2-3-5-13(12)10-14/h2-7,10,17H,8-9,11H2,1H3. The van der Waals surface area contributed by atoms with Crippen LogP contribution in [-0.4, -0.2) is 19.4 Å². The Balaban J connectivity index is 1.97. The Labute approximate surface area is 107 Å². The van der Waals surface area contributed by atoms with Crippen LogP contribution in [0.2, 0.25) is 0 Å². The highest BCUT2D eigenvalue weighted by Crippen LogP contribution is 2.47. The van der Waals surface area contributed by atoms with Gasteiger partial charge in [-0.3, -0.25) is 4.79 Å². The number of rotatable bonds is 4. The maximum Gasteiger partial charge on any atom is 0.170 e. The number of ketones is 1. The Morgan fingerprint density at radius 1 is 1.17 bits per heavy atom. The summed E-state index contributed by atoms with van der Waals surface area (Å²) < 4.78 is 0. The second-order valence-electron chi connectivity index (χ2n) is 5.20. The minimum atomic E-state index is -0.128. The van der Waals surface area contributed by atoms with E-state index in [1.165, 1.54) is 5.39 Å². The summed E-state index contributed by atoms with van der Waals surface area (Å²) in [6, 6.07) is 14.2. The molecule has 1 N–H and O–H groups in total. The fourth-order valence-electron chi connectivity index (χ4n) is 2.61. The average Bonchev–Trinajstić information content (AvgIpc) is 3.19. The van der Waals surface area contributed by atoms with Gasteiger partial charge in [-0.05, 0) is 36.7 Å². The molecule has 2 heteroatoms. The second kappa shape index (κ2) is 4.21. The van der Waals surface area contributed by atoms with E-state index in [9.17, 15) is 4.79 Å². The molecule has 1 aliphatic rings. The maximum absolute atomic E-state index is 12.5. The SMILES string of the molecule is CNCC1(C(=O)c2ccc3ccccc3c2)CC1. The first kappa shape index (κ1) is 11.4. The molecule has 0 amide bonds. The molecule has 2 nitrogen and oxygen atoms in total. The Bertz CT molecular complexity index is 599. The van der Waals surface area contributed by atoms with Gasteiger partial charge in [0.2, 0.25) is 0 Å². The highest BCUT2D eigenvalue weighted by atomic mass is 16.1. The molecule has 2 aromatic rings. The summed E-state index contributed by atoms with van der Waals surface area (Å²) in [6.45, 7) is 0.790. The van der Waals surface area contributed by atoms with E-state index < -0.39 is 0 Å². The Kier molecular flexibility index (Phi) is 2.67. The van der Waals surface area contributed by atoms with Crippen LogP contribution in [0.15, 0.2) is 42.5 Å². The predicted molar refractivity (Wildman–Crippen MR) is 73.9 cm³/mol. The summed E-state index contributed by atoms with van der Waals surface area (Å²) in [6.07, 6.45) is 2.03. The molecule has 0 radical (unpaired) electrons. The molecule has 1 fully saturated rings. The third-order valence-electron chi connectivity index (χ3n) is 3.86. The highest BCUT2D eigenvalue weighted by molar-refractivity contribution is 6.05. The average molecular weight is 239 g/mol. The third-order valence-corrected chi connectivity index (χ3v) is 3.86. The molecule has 1 saturated carbocycles. The van der Waals surface area contributed by atoms with Crippen LogP contribution in [0.1, 0.15) is 23.2 Å². The number of carbonyl (C=O) groups excluding carboxylic acids is 1. The first-order valence-corrected chi connectivity index (χ1v) is 6.43. The first-order valence-electron chi connectivity index (χ1n) is 6.43. The summed E-state index contributed by atoms with van der Waals surface area (Å²) in [5.41, 5.74) is 0.721. The van der Waals surface area contributed by atoms with Crippen molar-refractivity contribution < 1.29 is 4.79 Å². The van der Waals surface area contributed by atoms with Crippen LogP contribution < -0.4 is 5.32 Å². The summed E-state index contributed by atoms with van der Waals surface area (Å²) in [5.74, 6) is 0.294. The molecule has 2 aromatic carbocycles. The Hall–Kier alpha value is -1.67. The molecule has 0 aromatic heterocycles. The monoisotopic (exact) mass is 239 g/mol. The lowest BCUT2D eigenvalue weighted by atomic mass is 9.93. The zero-order valence-corrected chi connectivity index (χ0v) is 10.6. The molecule has 0 saturated heterocycles. The van der Waals surface area contributed by atoms with Crippen LogP contribution in [0.5, 0.6) is 0 Å². The molecule has 3 rings (SSSR count). The fourth-order valence-corrected chi connectivity index (χ4v) is 2.61. The van der Waals surface area contributed by atoms with Crippen molar-refractivity contribution in [2.75, 3.05) is 13.6 Å². The molecule has 0 aliphatic heterocycles. The maximum atomic E-state index is 12.5. The third kappa shape index (κ3) is 1.83. The van der Waals surface area contributed by atoms with Crippen LogP contribution >= 0.6 is 0 Å². The normalized spacial score (nSPS) is 16.7. The van der Waals surface area contributed by atoms with Gasteiger partial charge in [-0.25, -0.2) is 0 Å². The van der Waals surface area contributed by atoms with Crippen molar-refractivity contribution in [1.29, 1.82) is 0 Å². The quantitative estimate of drug-likeness (QED) is 0.831. The number of hydrogen-bond donors (Lipinski definition) is 1. The number of Topliss-reactive ketones (excluding diaryl/α,β-unsaturated/α-hetero) is 1. The predicted octanol–water partition coefficient (Wildman–Crippen LogP) is 3.02. The second-order valence-corrected chi connectivity index (χ2v) is 5.20. The molecule has 0 bridgehead atoms. The molecule has 18 heavy (non-hydrogen) atoms. The van der Waals surface area contributed by atoms with E-state index in [1.807, 2.05) is 37.4 Å². The van der Waals surface area contributed by atoms with Crippen LogP contribution in [0.25, 0.3) is 10.8 Å². The Morgan fingerprint density at radius 2 is 1.89 bits per heavy atom. The van der Waals surface area contributed by atoms with E-state index in [2.05, 4.69) is 17.4 Å². The van der Waals surface area contributed by atoms with Crippen molar-refractivity contribution in [2.24, 2.45) is 5.41 Å². The fraction of sp³-hybridized carbons (Fsp3) is 0.312. The summed E-state index contributed by atoms with van der Waals surface area (Å²) in [7, 11) is 1.91. The lowest BCUT2D eigenvalue weighted by molar-refractivity contribution is 0.0900. The van der Waals surface area contributed by atoms with Crippen LogP contribution in [0.4, 0.5) is 0 Å². The van der Waals surface area contributed by atoms with Gasteiger partial charge in [-0.1, -0.05) is 36.4 Å². The van der Waals surface area contributed by atoms with Crippen molar-refractivity contribution in [3.8, 4) is 0 Å². The highest BCUT2D eigenvalue weighted by Gasteiger charge is 2.48. The van der Waals surface area contributed by atoms with E-state index in [1.54, 1.807) is 0 Å². The molecular formula is C16H17NO. The van der Waals surface area contributed by atoms with Crippen molar-refractivity contribution in [3.05, 3.63) is 48.0 Å². The van der Waals surface area contributed by atoms with Gasteiger partial charge in [0.25, 0.3) is 0 Å². The summed E-state index contributed by atoms with van der Waals surface area (Å²) >= 11 is 0. The number of nitrogens with one attached hydrogen (secondary N) is 1. The van der Waals surface area contributed by atoms with Gasteiger partial charge in [0.15, 0.2) is 5.78 Å². The van der Waals surface area contributed by atoms with Crippen molar-refractivity contribution >= 4 is 16.6 Å². The molecule has 92 valence electrons. The van der Waals surface area contributed by atoms with Crippen LogP contribution in [0, 0.1) is 5.41 Å². The molecule has 0 spiro atoms. The molecule has 1 aliphatic carbocycles. The van der Waals surface area contributed by atoms with Crippen LogP contribution in [0.3, 0.4) is 0 Å². The van der Waals surface area contributed by atoms with Crippen molar-refractivity contribution in [3.63, 3.8) is 0 Å². The zero-order valence-electron chi connectivity index (χ0n) is 10.6.